The van der Waals surface area contributed by atoms with E-state index in [1.165, 1.54) is 0 Å². The fraction of sp³-hybridized carbons (Fsp3) is 0.154. The van der Waals surface area contributed by atoms with E-state index in [1.807, 2.05) is 47.1 Å². The molecule has 5 rings (SSSR count). The number of pyridine rings is 2. The summed E-state index contributed by atoms with van der Waals surface area (Å²) in [5, 5.41) is 16.2. The predicted octanol–water partition coefficient (Wildman–Crippen LogP) is 4.27. The molecule has 7 heteroatoms. The second kappa shape index (κ2) is 8.24. The Morgan fingerprint density at radius 2 is 1.97 bits per heavy atom. The van der Waals surface area contributed by atoms with Crippen molar-refractivity contribution >= 4 is 22.8 Å². The molecule has 0 bridgehead atoms. The first kappa shape index (κ1) is 20.5. The van der Waals surface area contributed by atoms with Crippen LogP contribution in [0.15, 0.2) is 73.7 Å². The lowest BCUT2D eigenvalue weighted by molar-refractivity contribution is 0.0958. The summed E-state index contributed by atoms with van der Waals surface area (Å²) in [6.45, 7) is 4.41. The molecule has 162 valence electrons. The Balaban J connectivity index is 1.50. The largest absolute Gasteiger partial charge is 0.354 e. The maximum absolute atomic E-state index is 11.8. The zero-order valence-corrected chi connectivity index (χ0v) is 18.2. The number of hydrogen-bond donors (Lipinski definition) is 1. The summed E-state index contributed by atoms with van der Waals surface area (Å²) in [6, 6.07) is 17.9. The van der Waals surface area contributed by atoms with Crippen LogP contribution >= 0.6 is 0 Å². The average molecular weight is 435 g/mol. The highest BCUT2D eigenvalue weighted by atomic mass is 16.1. The summed E-state index contributed by atoms with van der Waals surface area (Å²) >= 11 is 0. The number of nitrogens with zero attached hydrogens (tertiary/aromatic N) is 5. The van der Waals surface area contributed by atoms with Gasteiger partial charge >= 0.3 is 0 Å². The third-order valence-corrected chi connectivity index (χ3v) is 5.87. The number of nitrogens with one attached hydrogen (secondary N) is 1. The molecule has 0 atom stereocenters. The quantitative estimate of drug-likeness (QED) is 0.490. The first-order valence-corrected chi connectivity index (χ1v) is 10.7. The summed E-state index contributed by atoms with van der Waals surface area (Å²) in [4.78, 5) is 18.3. The van der Waals surface area contributed by atoms with E-state index in [1.54, 1.807) is 25.5 Å². The van der Waals surface area contributed by atoms with Crippen molar-refractivity contribution in [2.45, 2.75) is 18.9 Å². The van der Waals surface area contributed by atoms with Crippen LogP contribution in [-0.2, 0) is 0 Å². The van der Waals surface area contributed by atoms with Crippen LogP contribution in [-0.4, -0.2) is 33.6 Å². The van der Waals surface area contributed by atoms with Gasteiger partial charge in [-0.05, 0) is 55.3 Å². The van der Waals surface area contributed by atoms with Crippen LogP contribution in [0.25, 0.3) is 22.3 Å². The van der Waals surface area contributed by atoms with Gasteiger partial charge in [-0.2, -0.15) is 10.4 Å². The Morgan fingerprint density at radius 1 is 1.18 bits per heavy atom. The van der Waals surface area contributed by atoms with E-state index in [0.29, 0.717) is 17.3 Å². The van der Waals surface area contributed by atoms with E-state index in [9.17, 15) is 4.79 Å². The van der Waals surface area contributed by atoms with Crippen LogP contribution in [0, 0.1) is 11.3 Å². The normalized spacial score (nSPS) is 12.8. The maximum atomic E-state index is 11.8. The van der Waals surface area contributed by atoms with Crippen LogP contribution in [0.4, 0.5) is 5.69 Å². The van der Waals surface area contributed by atoms with Crippen LogP contribution in [0.3, 0.4) is 0 Å². The number of nitriles is 1. The molecule has 1 amide bonds. The lowest BCUT2D eigenvalue weighted by Gasteiger charge is -2.27. The Labute approximate surface area is 191 Å². The van der Waals surface area contributed by atoms with E-state index < -0.39 is 0 Å². The Bertz CT molecular complexity index is 1390. The first-order valence-electron chi connectivity index (χ1n) is 10.7. The molecular weight excluding hydrogens is 412 g/mol. The number of carbonyl (C=O) groups excluding carboxylic acids is 1. The second-order valence-corrected chi connectivity index (χ2v) is 8.02. The monoisotopic (exact) mass is 434 g/mol. The number of hydrogen-bond acceptors (Lipinski definition) is 5. The number of aromatic nitrogens is 3. The molecule has 3 heterocycles. The van der Waals surface area contributed by atoms with Crippen molar-refractivity contribution in [3.05, 3.63) is 90.5 Å². The van der Waals surface area contributed by atoms with E-state index in [0.717, 1.165) is 46.4 Å². The summed E-state index contributed by atoms with van der Waals surface area (Å²) in [5.74, 6) is -0.219. The molecule has 7 nitrogen and oxygen atoms in total. The molecule has 3 aromatic heterocycles. The first-order chi connectivity index (χ1) is 16.1. The van der Waals surface area contributed by atoms with Gasteiger partial charge in [0, 0.05) is 53.6 Å². The lowest BCUT2D eigenvalue weighted by Crippen LogP contribution is -2.23. The van der Waals surface area contributed by atoms with Crippen molar-refractivity contribution in [3.63, 3.8) is 0 Å². The Kier molecular flexibility index (Phi) is 5.11. The average Bonchev–Trinajstić information content (AvgIpc) is 3.61. The molecule has 1 aliphatic carbocycles. The van der Waals surface area contributed by atoms with Gasteiger partial charge in [-0.3, -0.25) is 9.78 Å². The summed E-state index contributed by atoms with van der Waals surface area (Å²) in [5.41, 5.74) is 6.68. The lowest BCUT2D eigenvalue weighted by atomic mass is 10.1. The zero-order valence-electron chi connectivity index (χ0n) is 18.2. The maximum Gasteiger partial charge on any atom is 0.269 e. The second-order valence-electron chi connectivity index (χ2n) is 8.02. The smallest absolute Gasteiger partial charge is 0.269 e. The van der Waals surface area contributed by atoms with Crippen LogP contribution in [0.5, 0.6) is 0 Å². The Morgan fingerprint density at radius 3 is 2.61 bits per heavy atom. The third-order valence-electron chi connectivity index (χ3n) is 5.87. The number of fused-ring (bicyclic) bond motifs is 1. The fourth-order valence-corrected chi connectivity index (χ4v) is 3.95. The van der Waals surface area contributed by atoms with Crippen LogP contribution in [0.1, 0.15) is 34.5 Å². The number of carbonyl (C=O) groups is 1. The van der Waals surface area contributed by atoms with Gasteiger partial charge in [0.05, 0.1) is 23.3 Å². The molecule has 1 fully saturated rings. The predicted molar refractivity (Wildman–Crippen MR) is 128 cm³/mol. The summed E-state index contributed by atoms with van der Waals surface area (Å²) in [7, 11) is 1.58. The van der Waals surface area contributed by atoms with Gasteiger partial charge in [0.25, 0.3) is 5.91 Å². The zero-order chi connectivity index (χ0) is 22.9. The van der Waals surface area contributed by atoms with Gasteiger partial charge < -0.3 is 10.2 Å². The van der Waals surface area contributed by atoms with Gasteiger partial charge in [-0.1, -0.05) is 12.6 Å². The van der Waals surface area contributed by atoms with E-state index >= 15 is 0 Å². The Hall–Kier alpha value is -4.44. The molecule has 0 unspecified atom stereocenters. The van der Waals surface area contributed by atoms with E-state index in [4.69, 9.17) is 5.26 Å². The topological polar surface area (TPSA) is 86.3 Å². The third kappa shape index (κ3) is 3.83. The molecule has 0 aliphatic heterocycles. The standard InChI is InChI=1S/C26H22N6O/c1-17(32(22-8-9-22)21-6-3-18(14-27)4-7-21)19-11-12-31-25(13-19)23(16-30-31)20-5-10-24(29-15-20)26(33)28-2/h3-7,10-13,15-16,22H,1,8-9H2,2H3,(H,28,33). The molecule has 0 saturated heterocycles. The molecule has 1 saturated carbocycles. The van der Waals surface area contributed by atoms with Crippen molar-refractivity contribution < 1.29 is 4.79 Å². The highest BCUT2D eigenvalue weighted by Gasteiger charge is 2.31. The molecule has 1 N–H and O–H groups in total. The van der Waals surface area contributed by atoms with Crippen molar-refractivity contribution in [3.8, 4) is 17.2 Å². The van der Waals surface area contributed by atoms with Crippen molar-refractivity contribution in [1.29, 1.82) is 5.26 Å². The highest BCUT2D eigenvalue weighted by Crippen LogP contribution is 2.38. The molecular formula is C26H22N6O. The molecule has 1 aromatic carbocycles. The van der Waals surface area contributed by atoms with Gasteiger partial charge in [-0.15, -0.1) is 0 Å². The van der Waals surface area contributed by atoms with Crippen molar-refractivity contribution in [2.75, 3.05) is 11.9 Å². The van der Waals surface area contributed by atoms with Crippen LogP contribution < -0.4 is 10.2 Å². The number of amides is 1. The van der Waals surface area contributed by atoms with Crippen LogP contribution in [0.2, 0.25) is 0 Å². The van der Waals surface area contributed by atoms with Crippen molar-refractivity contribution in [1.82, 2.24) is 19.9 Å². The number of rotatable bonds is 6. The molecule has 0 spiro atoms. The molecule has 4 aromatic rings. The van der Waals surface area contributed by atoms with E-state index in [2.05, 4.69) is 39.0 Å². The minimum atomic E-state index is -0.219. The SMILES string of the molecule is C=C(c1ccn2ncc(-c3ccc(C(=O)NC)nc3)c2c1)N(c1ccc(C#N)cc1)C1CC1. The molecule has 1 aliphatic rings. The van der Waals surface area contributed by atoms with Gasteiger partial charge in [0.15, 0.2) is 0 Å². The summed E-state index contributed by atoms with van der Waals surface area (Å²) in [6.07, 6.45) is 7.65. The van der Waals surface area contributed by atoms with Gasteiger partial charge in [0.1, 0.15) is 5.69 Å². The van der Waals surface area contributed by atoms with E-state index in [-0.39, 0.29) is 5.91 Å². The minimum absolute atomic E-state index is 0.219. The molecule has 33 heavy (non-hydrogen) atoms. The fourth-order valence-electron chi connectivity index (χ4n) is 3.95. The highest BCUT2D eigenvalue weighted by molar-refractivity contribution is 5.93. The number of benzene rings is 1. The van der Waals surface area contributed by atoms with Crippen molar-refractivity contribution in [2.24, 2.45) is 0 Å². The number of anilines is 1. The minimum Gasteiger partial charge on any atom is -0.354 e. The van der Waals surface area contributed by atoms with Gasteiger partial charge in [0.2, 0.25) is 0 Å². The summed E-state index contributed by atoms with van der Waals surface area (Å²) < 4.78 is 1.82. The molecule has 0 radical (unpaired) electrons. The van der Waals surface area contributed by atoms with Gasteiger partial charge in [-0.25, -0.2) is 4.52 Å².